The van der Waals surface area contributed by atoms with Gasteiger partial charge in [-0.2, -0.15) is 0 Å². The molecule has 2 rings (SSSR count). The van der Waals surface area contributed by atoms with Gasteiger partial charge in [0.25, 0.3) is 5.92 Å². The van der Waals surface area contributed by atoms with Crippen LogP contribution in [0.15, 0.2) is 18.2 Å². The van der Waals surface area contributed by atoms with Crippen LogP contribution < -0.4 is 0 Å². The second-order valence-electron chi connectivity index (χ2n) is 4.43. The third-order valence-corrected chi connectivity index (χ3v) is 3.03. The van der Waals surface area contributed by atoms with Crippen molar-refractivity contribution in [3.05, 3.63) is 34.9 Å². The first-order valence-electron chi connectivity index (χ1n) is 5.79. The van der Waals surface area contributed by atoms with Crippen molar-refractivity contribution in [2.24, 2.45) is 0 Å². The summed E-state index contributed by atoms with van der Waals surface area (Å²) in [6, 6.07) is 4.51. The number of hydrogen-bond acceptors (Lipinski definition) is 2. The molecule has 98 valence electrons. The maximum Gasteiger partial charge on any atom is 0.303 e. The molecule has 0 amide bonds. The molecular weight excluding hydrogens is 242 g/mol. The molecule has 0 radical (unpaired) electrons. The smallest absolute Gasteiger partial charge is 0.303 e. The molecule has 0 aliphatic carbocycles. The highest BCUT2D eigenvalue weighted by atomic mass is 19.3. The predicted octanol–water partition coefficient (Wildman–Crippen LogP) is 3.06. The first kappa shape index (κ1) is 13.0. The molecule has 1 aliphatic heterocycles. The topological polar surface area (TPSA) is 46.5 Å². The van der Waals surface area contributed by atoms with E-state index < -0.39 is 18.3 Å². The largest absolute Gasteiger partial charge is 0.481 e. The lowest BCUT2D eigenvalue weighted by Crippen LogP contribution is -2.14. The lowest BCUT2D eigenvalue weighted by atomic mass is 9.98. The standard InChI is InChI=1S/C13H14F2O3/c14-13(15,5-1-2-12(16)17)11-4-3-9-7-18-8-10(9)6-11/h3-4,6H,1-2,5,7-8H2,(H,16,17). The predicted molar refractivity (Wildman–Crippen MR) is 60.3 cm³/mol. The van der Waals surface area contributed by atoms with E-state index in [-0.39, 0.29) is 18.4 Å². The van der Waals surface area contributed by atoms with Crippen molar-refractivity contribution in [2.75, 3.05) is 0 Å². The van der Waals surface area contributed by atoms with Gasteiger partial charge in [-0.1, -0.05) is 12.1 Å². The summed E-state index contributed by atoms with van der Waals surface area (Å²) in [6.45, 7) is 0.842. The van der Waals surface area contributed by atoms with E-state index in [0.717, 1.165) is 11.1 Å². The Bertz CT molecular complexity index is 458. The first-order chi connectivity index (χ1) is 8.49. The quantitative estimate of drug-likeness (QED) is 0.880. The van der Waals surface area contributed by atoms with Crippen LogP contribution in [0.5, 0.6) is 0 Å². The molecule has 0 bridgehead atoms. The van der Waals surface area contributed by atoms with E-state index >= 15 is 0 Å². The van der Waals surface area contributed by atoms with Crippen LogP contribution >= 0.6 is 0 Å². The van der Waals surface area contributed by atoms with Crippen LogP contribution in [0.4, 0.5) is 8.78 Å². The SMILES string of the molecule is O=C(O)CCCC(F)(F)c1ccc2c(c1)COC2. The van der Waals surface area contributed by atoms with Gasteiger partial charge in [-0.25, -0.2) is 8.78 Å². The maximum absolute atomic E-state index is 13.8. The van der Waals surface area contributed by atoms with Gasteiger partial charge >= 0.3 is 5.97 Å². The maximum atomic E-state index is 13.8. The van der Waals surface area contributed by atoms with Crippen molar-refractivity contribution in [1.82, 2.24) is 0 Å². The molecule has 0 fully saturated rings. The number of carboxylic acid groups (broad SMARTS) is 1. The molecule has 3 nitrogen and oxygen atoms in total. The Morgan fingerprint density at radius 2 is 2.06 bits per heavy atom. The van der Waals surface area contributed by atoms with E-state index in [4.69, 9.17) is 9.84 Å². The molecule has 0 saturated heterocycles. The van der Waals surface area contributed by atoms with E-state index in [1.807, 2.05) is 0 Å². The van der Waals surface area contributed by atoms with E-state index in [1.54, 1.807) is 6.07 Å². The van der Waals surface area contributed by atoms with Crippen LogP contribution in [0.3, 0.4) is 0 Å². The molecule has 1 aromatic carbocycles. The second kappa shape index (κ2) is 5.02. The van der Waals surface area contributed by atoms with Crippen LogP contribution in [0.1, 0.15) is 36.0 Å². The number of alkyl halides is 2. The van der Waals surface area contributed by atoms with Gasteiger partial charge in [-0.15, -0.1) is 0 Å². The molecule has 18 heavy (non-hydrogen) atoms. The Morgan fingerprint density at radius 3 is 2.78 bits per heavy atom. The highest BCUT2D eigenvalue weighted by molar-refractivity contribution is 5.66. The fourth-order valence-corrected chi connectivity index (χ4v) is 2.01. The minimum Gasteiger partial charge on any atom is -0.481 e. The molecule has 0 atom stereocenters. The highest BCUT2D eigenvalue weighted by Gasteiger charge is 2.32. The van der Waals surface area contributed by atoms with E-state index in [0.29, 0.717) is 13.2 Å². The number of halogens is 2. The van der Waals surface area contributed by atoms with Crippen molar-refractivity contribution < 1.29 is 23.4 Å². The summed E-state index contributed by atoms with van der Waals surface area (Å²) in [5, 5.41) is 8.45. The number of benzene rings is 1. The van der Waals surface area contributed by atoms with Gasteiger partial charge in [0.2, 0.25) is 0 Å². The minimum atomic E-state index is -2.98. The molecule has 1 aromatic rings. The number of ether oxygens (including phenoxy) is 1. The van der Waals surface area contributed by atoms with E-state index in [2.05, 4.69) is 0 Å². The van der Waals surface area contributed by atoms with Crippen LogP contribution in [-0.4, -0.2) is 11.1 Å². The summed E-state index contributed by atoms with van der Waals surface area (Å²) in [5.41, 5.74) is 1.68. The third kappa shape index (κ3) is 2.85. The van der Waals surface area contributed by atoms with Crippen LogP contribution in [0, 0.1) is 0 Å². The Kier molecular flexibility index (Phi) is 3.61. The fraction of sp³-hybridized carbons (Fsp3) is 0.462. The molecule has 1 heterocycles. The summed E-state index contributed by atoms with van der Waals surface area (Å²) in [7, 11) is 0. The van der Waals surface area contributed by atoms with Gasteiger partial charge in [0, 0.05) is 18.4 Å². The summed E-state index contributed by atoms with van der Waals surface area (Å²) in [4.78, 5) is 10.3. The lowest BCUT2D eigenvalue weighted by molar-refractivity contribution is -0.137. The van der Waals surface area contributed by atoms with Crippen molar-refractivity contribution in [3.63, 3.8) is 0 Å². The monoisotopic (exact) mass is 256 g/mol. The Labute approximate surface area is 103 Å². The summed E-state index contributed by atoms with van der Waals surface area (Å²) in [5.74, 6) is -4.03. The van der Waals surface area contributed by atoms with Gasteiger partial charge < -0.3 is 9.84 Å². The molecule has 5 heteroatoms. The average Bonchev–Trinajstić information content (AvgIpc) is 2.74. The molecular formula is C13H14F2O3. The van der Waals surface area contributed by atoms with Crippen molar-refractivity contribution >= 4 is 5.97 Å². The lowest BCUT2D eigenvalue weighted by Gasteiger charge is -2.17. The second-order valence-corrected chi connectivity index (χ2v) is 4.43. The number of aliphatic carboxylic acids is 1. The van der Waals surface area contributed by atoms with Crippen molar-refractivity contribution in [3.8, 4) is 0 Å². The van der Waals surface area contributed by atoms with E-state index in [9.17, 15) is 13.6 Å². The zero-order valence-electron chi connectivity index (χ0n) is 9.79. The molecule has 0 unspecified atom stereocenters. The van der Waals surface area contributed by atoms with Crippen LogP contribution in [-0.2, 0) is 28.7 Å². The van der Waals surface area contributed by atoms with Crippen molar-refractivity contribution in [1.29, 1.82) is 0 Å². The molecule has 0 spiro atoms. The normalized spacial score (nSPS) is 14.6. The van der Waals surface area contributed by atoms with Gasteiger partial charge in [0.15, 0.2) is 0 Å². The summed E-state index contributed by atoms with van der Waals surface area (Å²) < 4.78 is 32.9. The van der Waals surface area contributed by atoms with Crippen molar-refractivity contribution in [2.45, 2.75) is 38.4 Å². The number of fused-ring (bicyclic) bond motifs is 1. The van der Waals surface area contributed by atoms with Gasteiger partial charge in [-0.3, -0.25) is 4.79 Å². The molecule has 1 N–H and O–H groups in total. The van der Waals surface area contributed by atoms with Crippen LogP contribution in [0.2, 0.25) is 0 Å². The molecule has 1 aliphatic rings. The third-order valence-electron chi connectivity index (χ3n) is 3.03. The van der Waals surface area contributed by atoms with E-state index in [1.165, 1.54) is 12.1 Å². The summed E-state index contributed by atoms with van der Waals surface area (Å²) in [6.07, 6.45) is -0.710. The average molecular weight is 256 g/mol. The van der Waals surface area contributed by atoms with Crippen LogP contribution in [0.25, 0.3) is 0 Å². The number of hydrogen-bond donors (Lipinski definition) is 1. The van der Waals surface area contributed by atoms with Gasteiger partial charge in [0.1, 0.15) is 0 Å². The highest BCUT2D eigenvalue weighted by Crippen LogP contribution is 2.35. The Hall–Kier alpha value is -1.49. The zero-order chi connectivity index (χ0) is 13.2. The molecule has 0 saturated carbocycles. The number of carboxylic acids is 1. The van der Waals surface area contributed by atoms with Gasteiger partial charge in [-0.05, 0) is 23.6 Å². The Balaban J connectivity index is 2.07. The van der Waals surface area contributed by atoms with Gasteiger partial charge in [0.05, 0.1) is 13.2 Å². The fourth-order valence-electron chi connectivity index (χ4n) is 2.01. The zero-order valence-corrected chi connectivity index (χ0v) is 9.79. The Morgan fingerprint density at radius 1 is 1.33 bits per heavy atom. The summed E-state index contributed by atoms with van der Waals surface area (Å²) >= 11 is 0. The molecule has 0 aromatic heterocycles. The first-order valence-corrected chi connectivity index (χ1v) is 5.79. The number of carbonyl (C=O) groups is 1. The minimum absolute atomic E-state index is 0.0318. The number of rotatable bonds is 5.